The van der Waals surface area contributed by atoms with Crippen LogP contribution in [0.2, 0.25) is 0 Å². The molecule has 0 spiro atoms. The number of piperidine rings is 1. The number of nitrogens with zero attached hydrogens (tertiary/aromatic N) is 2. The minimum atomic E-state index is -4.50. The molecule has 118 valence electrons. The number of rotatable bonds is 3. The van der Waals surface area contributed by atoms with Gasteiger partial charge in [-0.15, -0.1) is 0 Å². The highest BCUT2D eigenvalue weighted by Crippen LogP contribution is 2.28. The number of nitriles is 1. The Balaban J connectivity index is 2.43. The number of carboxylic acid groups (broad SMARTS) is 1. The predicted octanol–water partition coefficient (Wildman–Crippen LogP) is 1.32. The normalized spacial score (nSPS) is 19.6. The second-order valence-electron chi connectivity index (χ2n) is 4.92. The number of carboxylic acids is 1. The van der Waals surface area contributed by atoms with Crippen molar-refractivity contribution in [2.45, 2.75) is 17.7 Å². The zero-order chi connectivity index (χ0) is 16.5. The monoisotopic (exact) mass is 330 g/mol. The van der Waals surface area contributed by atoms with E-state index in [1.807, 2.05) is 0 Å². The molecule has 1 unspecified atom stereocenters. The molecule has 9 heteroatoms. The molecule has 1 aromatic rings. The Morgan fingerprint density at radius 2 is 1.95 bits per heavy atom. The number of carbonyl (C=O) groups is 1. The Hall–Kier alpha value is -2.05. The summed E-state index contributed by atoms with van der Waals surface area (Å²) >= 11 is 0. The van der Waals surface area contributed by atoms with Crippen molar-refractivity contribution in [2.75, 3.05) is 13.1 Å². The standard InChI is InChI=1S/C13H12F2N2O4S/c14-10-4-8(6-16)5-11(15)12(10)22(20,21)17-3-1-2-9(7-17)13(18)19/h4-5,9H,1-3,7H2,(H,18,19). The van der Waals surface area contributed by atoms with Crippen LogP contribution in [0.25, 0.3) is 0 Å². The lowest BCUT2D eigenvalue weighted by molar-refractivity contribution is -0.142. The minimum absolute atomic E-state index is 0.00893. The summed E-state index contributed by atoms with van der Waals surface area (Å²) in [7, 11) is -4.50. The molecule has 1 heterocycles. The highest BCUT2D eigenvalue weighted by molar-refractivity contribution is 7.89. The molecule has 22 heavy (non-hydrogen) atoms. The van der Waals surface area contributed by atoms with Gasteiger partial charge >= 0.3 is 5.97 Å². The third-order valence-corrected chi connectivity index (χ3v) is 5.38. The summed E-state index contributed by atoms with van der Waals surface area (Å²) < 4.78 is 53.3. The van der Waals surface area contributed by atoms with E-state index in [0.29, 0.717) is 18.6 Å². The van der Waals surface area contributed by atoms with Crippen LogP contribution in [-0.2, 0) is 14.8 Å². The molecule has 0 bridgehead atoms. The van der Waals surface area contributed by atoms with Gasteiger partial charge in [-0.3, -0.25) is 4.79 Å². The summed E-state index contributed by atoms with van der Waals surface area (Å²) in [5, 5.41) is 17.6. The van der Waals surface area contributed by atoms with E-state index in [0.717, 1.165) is 4.31 Å². The second-order valence-corrected chi connectivity index (χ2v) is 6.80. The van der Waals surface area contributed by atoms with E-state index in [-0.39, 0.29) is 25.1 Å². The van der Waals surface area contributed by atoms with Gasteiger partial charge in [0.1, 0.15) is 11.6 Å². The summed E-state index contributed by atoms with van der Waals surface area (Å²) in [6.45, 7) is -0.346. The molecule has 0 saturated carbocycles. The van der Waals surface area contributed by atoms with Crippen molar-refractivity contribution in [1.29, 1.82) is 5.26 Å². The Kier molecular flexibility index (Phi) is 4.44. The summed E-state index contributed by atoms with van der Waals surface area (Å²) in [5.74, 6) is -4.79. The maximum Gasteiger partial charge on any atom is 0.307 e. The van der Waals surface area contributed by atoms with Crippen molar-refractivity contribution in [3.05, 3.63) is 29.3 Å². The fraction of sp³-hybridized carbons (Fsp3) is 0.385. The van der Waals surface area contributed by atoms with Gasteiger partial charge in [0.2, 0.25) is 10.0 Å². The number of halogens is 2. The minimum Gasteiger partial charge on any atom is -0.481 e. The Labute approximate surface area is 125 Å². The van der Waals surface area contributed by atoms with Gasteiger partial charge in [0.05, 0.1) is 17.6 Å². The fourth-order valence-corrected chi connectivity index (χ4v) is 3.98. The van der Waals surface area contributed by atoms with Crippen LogP contribution in [0.4, 0.5) is 8.78 Å². The summed E-state index contributed by atoms with van der Waals surface area (Å²) in [4.78, 5) is 9.82. The number of benzene rings is 1. The largest absolute Gasteiger partial charge is 0.481 e. The van der Waals surface area contributed by atoms with Gasteiger partial charge in [-0.25, -0.2) is 17.2 Å². The summed E-state index contributed by atoms with van der Waals surface area (Å²) in [6.07, 6.45) is 0.593. The van der Waals surface area contributed by atoms with Crippen molar-refractivity contribution in [1.82, 2.24) is 4.31 Å². The Morgan fingerprint density at radius 3 is 2.45 bits per heavy atom. The molecule has 0 amide bonds. The van der Waals surface area contributed by atoms with Crippen LogP contribution in [0, 0.1) is 28.9 Å². The molecule has 1 aliphatic rings. The smallest absolute Gasteiger partial charge is 0.307 e. The molecule has 1 N–H and O–H groups in total. The quantitative estimate of drug-likeness (QED) is 0.901. The molecule has 6 nitrogen and oxygen atoms in total. The van der Waals surface area contributed by atoms with Gasteiger partial charge in [0.25, 0.3) is 0 Å². The lowest BCUT2D eigenvalue weighted by atomic mass is 10.0. The zero-order valence-electron chi connectivity index (χ0n) is 11.3. The number of aliphatic carboxylic acids is 1. The first-order chi connectivity index (χ1) is 10.3. The van der Waals surface area contributed by atoms with Gasteiger partial charge < -0.3 is 5.11 Å². The summed E-state index contributed by atoms with van der Waals surface area (Å²) in [5.41, 5.74) is -0.337. The first-order valence-corrected chi connectivity index (χ1v) is 7.83. The molecule has 1 aliphatic heterocycles. The van der Waals surface area contributed by atoms with Crippen LogP contribution in [-0.4, -0.2) is 36.9 Å². The van der Waals surface area contributed by atoms with Gasteiger partial charge in [0.15, 0.2) is 4.90 Å². The maximum absolute atomic E-state index is 13.9. The lowest BCUT2D eigenvalue weighted by Crippen LogP contribution is -2.42. The van der Waals surface area contributed by atoms with Gasteiger partial charge in [-0.2, -0.15) is 9.57 Å². The molecule has 2 rings (SSSR count). The molecule has 1 atom stereocenters. The topological polar surface area (TPSA) is 98.5 Å². The average Bonchev–Trinajstić information content (AvgIpc) is 2.46. The van der Waals surface area contributed by atoms with E-state index in [1.54, 1.807) is 0 Å². The Bertz CT molecular complexity index is 735. The van der Waals surface area contributed by atoms with Crippen LogP contribution in [0.15, 0.2) is 17.0 Å². The molecular formula is C13H12F2N2O4S. The van der Waals surface area contributed by atoms with Gasteiger partial charge in [-0.05, 0) is 25.0 Å². The predicted molar refractivity (Wildman–Crippen MR) is 70.2 cm³/mol. The number of hydrogen-bond donors (Lipinski definition) is 1. The van der Waals surface area contributed by atoms with Crippen molar-refractivity contribution in [2.24, 2.45) is 5.92 Å². The van der Waals surface area contributed by atoms with E-state index in [1.165, 1.54) is 6.07 Å². The lowest BCUT2D eigenvalue weighted by Gasteiger charge is -2.30. The van der Waals surface area contributed by atoms with Crippen molar-refractivity contribution in [3.63, 3.8) is 0 Å². The molecule has 1 aromatic carbocycles. The van der Waals surface area contributed by atoms with Gasteiger partial charge in [-0.1, -0.05) is 0 Å². The van der Waals surface area contributed by atoms with E-state index in [9.17, 15) is 22.0 Å². The third-order valence-electron chi connectivity index (χ3n) is 3.46. The first kappa shape index (κ1) is 16.3. The fourth-order valence-electron chi connectivity index (χ4n) is 2.36. The SMILES string of the molecule is N#Cc1cc(F)c(S(=O)(=O)N2CCCC(C(=O)O)C2)c(F)c1. The molecule has 1 fully saturated rings. The van der Waals surface area contributed by atoms with Crippen LogP contribution in [0.1, 0.15) is 18.4 Å². The highest BCUT2D eigenvalue weighted by Gasteiger charge is 2.36. The van der Waals surface area contributed by atoms with Crippen molar-refractivity contribution >= 4 is 16.0 Å². The average molecular weight is 330 g/mol. The molecule has 0 aromatic heterocycles. The van der Waals surface area contributed by atoms with Crippen LogP contribution in [0.3, 0.4) is 0 Å². The van der Waals surface area contributed by atoms with Crippen molar-refractivity contribution in [3.8, 4) is 6.07 Å². The highest BCUT2D eigenvalue weighted by atomic mass is 32.2. The first-order valence-electron chi connectivity index (χ1n) is 6.39. The molecule has 0 radical (unpaired) electrons. The van der Waals surface area contributed by atoms with E-state index < -0.39 is 38.4 Å². The molecule has 0 aliphatic carbocycles. The van der Waals surface area contributed by atoms with Crippen molar-refractivity contribution < 1.29 is 27.1 Å². The van der Waals surface area contributed by atoms with Crippen LogP contribution < -0.4 is 0 Å². The maximum atomic E-state index is 13.9. The Morgan fingerprint density at radius 1 is 1.36 bits per heavy atom. The third kappa shape index (κ3) is 2.93. The zero-order valence-corrected chi connectivity index (χ0v) is 12.1. The molecular weight excluding hydrogens is 318 g/mol. The van der Waals surface area contributed by atoms with Crippen LogP contribution in [0.5, 0.6) is 0 Å². The van der Waals surface area contributed by atoms with E-state index in [2.05, 4.69) is 0 Å². The summed E-state index contributed by atoms with van der Waals surface area (Å²) in [6, 6.07) is 2.79. The van der Waals surface area contributed by atoms with E-state index in [4.69, 9.17) is 10.4 Å². The number of hydrogen-bond acceptors (Lipinski definition) is 4. The van der Waals surface area contributed by atoms with E-state index >= 15 is 0 Å². The number of sulfonamides is 1. The van der Waals surface area contributed by atoms with Gasteiger partial charge in [0, 0.05) is 13.1 Å². The second kappa shape index (κ2) is 5.98. The van der Waals surface area contributed by atoms with Crippen LogP contribution >= 0.6 is 0 Å². The molecule has 1 saturated heterocycles.